The summed E-state index contributed by atoms with van der Waals surface area (Å²) >= 11 is 5.99. The Morgan fingerprint density at radius 1 is 1.25 bits per heavy atom. The van der Waals surface area contributed by atoms with Crippen LogP contribution in [-0.4, -0.2) is 23.1 Å². The molecule has 0 radical (unpaired) electrons. The van der Waals surface area contributed by atoms with Crippen LogP contribution in [0.2, 0.25) is 5.02 Å². The van der Waals surface area contributed by atoms with E-state index in [-0.39, 0.29) is 6.10 Å². The second-order valence-electron chi connectivity index (χ2n) is 6.36. The fourth-order valence-electron chi connectivity index (χ4n) is 2.70. The van der Waals surface area contributed by atoms with E-state index in [0.717, 1.165) is 28.5 Å². The van der Waals surface area contributed by atoms with Crippen LogP contribution in [0.3, 0.4) is 0 Å². The zero-order valence-corrected chi connectivity index (χ0v) is 14.1. The number of ether oxygens (including phenoxy) is 2. The number of fused-ring (bicyclic) bond motifs is 1. The van der Waals surface area contributed by atoms with E-state index in [4.69, 9.17) is 21.1 Å². The minimum Gasteiger partial charge on any atom is -0.371 e. The van der Waals surface area contributed by atoms with Crippen molar-refractivity contribution in [1.29, 1.82) is 0 Å². The first kappa shape index (κ1) is 15.8. The topological polar surface area (TPSA) is 56.3 Å². The molecule has 1 aromatic heterocycles. The highest BCUT2D eigenvalue weighted by molar-refractivity contribution is 6.30. The Bertz CT molecular complexity index is 704. The summed E-state index contributed by atoms with van der Waals surface area (Å²) in [5.74, 6) is 1.33. The van der Waals surface area contributed by atoms with E-state index in [1.54, 1.807) is 0 Å². The summed E-state index contributed by atoms with van der Waals surface area (Å²) in [7, 11) is 0. The van der Waals surface area contributed by atoms with Crippen LogP contribution in [0.15, 0.2) is 30.5 Å². The first-order valence-electron chi connectivity index (χ1n) is 8.31. The SMILES string of the molecule is Clc1ccc(C(CNc2ncc3c(n2)COC3)OCC2CC2)cc1. The van der Waals surface area contributed by atoms with Gasteiger partial charge in [-0.1, -0.05) is 23.7 Å². The second-order valence-corrected chi connectivity index (χ2v) is 6.79. The molecule has 126 valence electrons. The summed E-state index contributed by atoms with van der Waals surface area (Å²) in [5.41, 5.74) is 3.14. The molecule has 1 aromatic carbocycles. The van der Waals surface area contributed by atoms with Crippen molar-refractivity contribution in [3.8, 4) is 0 Å². The van der Waals surface area contributed by atoms with E-state index in [1.807, 2.05) is 30.5 Å². The van der Waals surface area contributed by atoms with Crippen molar-refractivity contribution in [2.75, 3.05) is 18.5 Å². The van der Waals surface area contributed by atoms with Gasteiger partial charge in [-0.25, -0.2) is 9.97 Å². The van der Waals surface area contributed by atoms with Crippen LogP contribution in [0.25, 0.3) is 0 Å². The average Bonchev–Trinajstić information content (AvgIpc) is 3.31. The molecule has 1 N–H and O–H groups in total. The summed E-state index contributed by atoms with van der Waals surface area (Å²) in [6.07, 6.45) is 4.33. The van der Waals surface area contributed by atoms with Gasteiger partial charge >= 0.3 is 0 Å². The lowest BCUT2D eigenvalue weighted by Crippen LogP contribution is -2.18. The number of hydrogen-bond donors (Lipinski definition) is 1. The molecule has 0 spiro atoms. The smallest absolute Gasteiger partial charge is 0.223 e. The van der Waals surface area contributed by atoms with Crippen LogP contribution in [0.5, 0.6) is 0 Å². The predicted molar refractivity (Wildman–Crippen MR) is 91.9 cm³/mol. The molecule has 1 aliphatic carbocycles. The molecule has 0 bridgehead atoms. The lowest BCUT2D eigenvalue weighted by Gasteiger charge is -2.19. The molecule has 6 heteroatoms. The molecule has 1 aliphatic heterocycles. The number of hydrogen-bond acceptors (Lipinski definition) is 5. The van der Waals surface area contributed by atoms with Crippen molar-refractivity contribution in [2.24, 2.45) is 5.92 Å². The van der Waals surface area contributed by atoms with Gasteiger partial charge in [-0.15, -0.1) is 0 Å². The molecule has 2 aliphatic rings. The summed E-state index contributed by atoms with van der Waals surface area (Å²) in [6, 6.07) is 7.82. The monoisotopic (exact) mass is 345 g/mol. The van der Waals surface area contributed by atoms with Crippen molar-refractivity contribution < 1.29 is 9.47 Å². The number of nitrogens with zero attached hydrogens (tertiary/aromatic N) is 2. The van der Waals surface area contributed by atoms with Gasteiger partial charge in [-0.05, 0) is 36.5 Å². The van der Waals surface area contributed by atoms with Crippen LogP contribution in [0, 0.1) is 5.92 Å². The highest BCUT2D eigenvalue weighted by atomic mass is 35.5. The standard InChI is InChI=1S/C18H20ClN3O2/c19-15-5-3-13(4-6-15)17(24-9-12-1-2-12)8-21-18-20-7-14-10-23-11-16(14)22-18/h3-7,12,17H,1-2,8-11H2,(H,20,21,22). The van der Waals surface area contributed by atoms with Crippen LogP contribution in [-0.2, 0) is 22.7 Å². The molecule has 24 heavy (non-hydrogen) atoms. The Hall–Kier alpha value is -1.69. The number of aromatic nitrogens is 2. The summed E-state index contributed by atoms with van der Waals surface area (Å²) in [5, 5.41) is 4.03. The van der Waals surface area contributed by atoms with Gasteiger partial charge in [0.2, 0.25) is 5.95 Å². The number of halogens is 1. The molecular formula is C18H20ClN3O2. The van der Waals surface area contributed by atoms with Gasteiger partial charge in [0.15, 0.2) is 0 Å². The maximum absolute atomic E-state index is 6.12. The third-order valence-corrected chi connectivity index (χ3v) is 4.62. The number of rotatable bonds is 7. The molecular weight excluding hydrogens is 326 g/mol. The Kier molecular flexibility index (Phi) is 4.65. The third kappa shape index (κ3) is 3.86. The fraction of sp³-hybridized carbons (Fsp3) is 0.444. The molecule has 2 aromatic rings. The molecule has 1 fully saturated rings. The summed E-state index contributed by atoms with van der Waals surface area (Å²) < 4.78 is 11.5. The Labute approximate surface area is 146 Å². The molecule has 1 atom stereocenters. The number of anilines is 1. The molecule has 1 unspecified atom stereocenters. The van der Waals surface area contributed by atoms with E-state index in [0.29, 0.717) is 31.6 Å². The van der Waals surface area contributed by atoms with Gasteiger partial charge in [0, 0.05) is 23.3 Å². The van der Waals surface area contributed by atoms with Gasteiger partial charge < -0.3 is 14.8 Å². The summed E-state index contributed by atoms with van der Waals surface area (Å²) in [6.45, 7) is 2.58. The van der Waals surface area contributed by atoms with Crippen molar-refractivity contribution in [3.05, 3.63) is 52.3 Å². The second kappa shape index (κ2) is 7.05. The van der Waals surface area contributed by atoms with Crippen molar-refractivity contribution in [3.63, 3.8) is 0 Å². The lowest BCUT2D eigenvalue weighted by molar-refractivity contribution is 0.0537. The van der Waals surface area contributed by atoms with Crippen LogP contribution in [0.4, 0.5) is 5.95 Å². The zero-order chi connectivity index (χ0) is 16.4. The Morgan fingerprint density at radius 2 is 2.08 bits per heavy atom. The lowest BCUT2D eigenvalue weighted by atomic mass is 10.1. The van der Waals surface area contributed by atoms with Crippen molar-refractivity contribution >= 4 is 17.5 Å². The van der Waals surface area contributed by atoms with Crippen LogP contribution < -0.4 is 5.32 Å². The number of nitrogens with one attached hydrogen (secondary N) is 1. The molecule has 5 nitrogen and oxygen atoms in total. The van der Waals surface area contributed by atoms with Gasteiger partial charge in [-0.3, -0.25) is 0 Å². The minimum atomic E-state index is -0.0454. The first-order chi connectivity index (χ1) is 11.8. The molecule has 2 heterocycles. The summed E-state index contributed by atoms with van der Waals surface area (Å²) in [4.78, 5) is 8.88. The number of benzene rings is 1. The van der Waals surface area contributed by atoms with Gasteiger partial charge in [-0.2, -0.15) is 0 Å². The highest BCUT2D eigenvalue weighted by Crippen LogP contribution is 2.31. The maximum atomic E-state index is 6.12. The van der Waals surface area contributed by atoms with E-state index in [2.05, 4.69) is 15.3 Å². The molecule has 0 saturated heterocycles. The zero-order valence-electron chi connectivity index (χ0n) is 13.4. The quantitative estimate of drug-likeness (QED) is 0.828. The molecule has 1 saturated carbocycles. The van der Waals surface area contributed by atoms with E-state index in [9.17, 15) is 0 Å². The molecule has 4 rings (SSSR count). The third-order valence-electron chi connectivity index (χ3n) is 4.37. The van der Waals surface area contributed by atoms with E-state index < -0.39 is 0 Å². The van der Waals surface area contributed by atoms with Gasteiger partial charge in [0.1, 0.15) is 0 Å². The van der Waals surface area contributed by atoms with E-state index >= 15 is 0 Å². The van der Waals surface area contributed by atoms with E-state index in [1.165, 1.54) is 12.8 Å². The van der Waals surface area contributed by atoms with Crippen LogP contribution in [0.1, 0.15) is 35.8 Å². The van der Waals surface area contributed by atoms with Crippen molar-refractivity contribution in [1.82, 2.24) is 9.97 Å². The fourth-order valence-corrected chi connectivity index (χ4v) is 2.83. The average molecular weight is 346 g/mol. The Balaban J connectivity index is 1.43. The highest BCUT2D eigenvalue weighted by Gasteiger charge is 2.24. The first-order valence-corrected chi connectivity index (χ1v) is 8.69. The predicted octanol–water partition coefficient (Wildman–Crippen LogP) is 3.74. The minimum absolute atomic E-state index is 0.0454. The van der Waals surface area contributed by atoms with Gasteiger partial charge in [0.25, 0.3) is 0 Å². The van der Waals surface area contributed by atoms with Crippen LogP contribution >= 0.6 is 11.6 Å². The molecule has 0 amide bonds. The Morgan fingerprint density at radius 3 is 2.88 bits per heavy atom. The van der Waals surface area contributed by atoms with Crippen molar-refractivity contribution in [2.45, 2.75) is 32.2 Å². The normalized spacial score (nSPS) is 17.5. The largest absolute Gasteiger partial charge is 0.371 e. The maximum Gasteiger partial charge on any atom is 0.223 e. The van der Waals surface area contributed by atoms with Gasteiger partial charge in [0.05, 0.1) is 31.6 Å².